The van der Waals surface area contributed by atoms with E-state index in [0.29, 0.717) is 6.04 Å². The van der Waals surface area contributed by atoms with E-state index in [4.69, 9.17) is 5.10 Å². The Labute approximate surface area is 232 Å². The Hall–Kier alpha value is -4.11. The Morgan fingerprint density at radius 1 is 0.590 bits per heavy atom. The minimum Gasteiger partial charge on any atom is -0.348 e. The molecule has 0 bridgehead atoms. The average Bonchev–Trinajstić information content (AvgIpc) is 3.33. The number of hydrogen-bond donors (Lipinski definition) is 0. The number of hydrogen-bond acceptors (Lipinski definition) is 2. The lowest BCUT2D eigenvalue weighted by Gasteiger charge is -2.37. The monoisotopic (exact) mass is 511 g/mol. The molecule has 196 valence electrons. The van der Waals surface area contributed by atoms with Gasteiger partial charge in [0.1, 0.15) is 5.54 Å². The van der Waals surface area contributed by atoms with Crippen molar-refractivity contribution in [3.63, 3.8) is 0 Å². The van der Waals surface area contributed by atoms with Crippen molar-refractivity contribution in [2.24, 2.45) is 0 Å². The van der Waals surface area contributed by atoms with Crippen LogP contribution in [0, 0.1) is 0 Å². The van der Waals surface area contributed by atoms with Crippen LogP contribution < -0.4 is 4.90 Å². The Balaban J connectivity index is 1.52. The number of anilines is 1. The normalized spacial score (nSPS) is 14.6. The van der Waals surface area contributed by atoms with E-state index < -0.39 is 5.54 Å². The second-order valence-electron chi connectivity index (χ2n) is 10.7. The van der Waals surface area contributed by atoms with Crippen LogP contribution in [0.1, 0.15) is 60.8 Å². The molecule has 1 aliphatic rings. The molecule has 0 N–H and O–H groups in total. The van der Waals surface area contributed by atoms with E-state index in [1.807, 2.05) is 0 Å². The SMILES string of the molecule is c1ccc(CN(c2ccn(C(c3ccccc3)(c3ccccc3)c3ccccc3)n2)C2CCCCCC2)cc1. The van der Waals surface area contributed by atoms with Gasteiger partial charge < -0.3 is 4.90 Å². The molecule has 0 spiro atoms. The lowest BCUT2D eigenvalue weighted by molar-refractivity contribution is 0.453. The van der Waals surface area contributed by atoms with Crippen LogP contribution in [0.15, 0.2) is 134 Å². The zero-order chi connectivity index (χ0) is 26.3. The van der Waals surface area contributed by atoms with Crippen LogP contribution in [-0.4, -0.2) is 15.8 Å². The van der Waals surface area contributed by atoms with Gasteiger partial charge in [-0.05, 0) is 35.1 Å². The van der Waals surface area contributed by atoms with Crippen molar-refractivity contribution >= 4 is 5.82 Å². The lowest BCUT2D eigenvalue weighted by atomic mass is 9.77. The highest BCUT2D eigenvalue weighted by Crippen LogP contribution is 2.41. The van der Waals surface area contributed by atoms with Crippen LogP contribution in [0.3, 0.4) is 0 Å². The van der Waals surface area contributed by atoms with Crippen molar-refractivity contribution in [3.8, 4) is 0 Å². The first kappa shape index (κ1) is 25.2. The molecule has 0 radical (unpaired) electrons. The molecule has 1 aromatic heterocycles. The average molecular weight is 512 g/mol. The highest BCUT2D eigenvalue weighted by Gasteiger charge is 2.39. The van der Waals surface area contributed by atoms with Gasteiger partial charge in [0.2, 0.25) is 0 Å². The Morgan fingerprint density at radius 3 is 1.54 bits per heavy atom. The predicted molar refractivity (Wildman–Crippen MR) is 161 cm³/mol. The number of rotatable bonds is 8. The maximum atomic E-state index is 5.46. The van der Waals surface area contributed by atoms with E-state index in [2.05, 4.69) is 143 Å². The van der Waals surface area contributed by atoms with Crippen molar-refractivity contribution in [3.05, 3.63) is 156 Å². The summed E-state index contributed by atoms with van der Waals surface area (Å²) in [7, 11) is 0. The second kappa shape index (κ2) is 11.7. The fraction of sp³-hybridized carbons (Fsp3) is 0.250. The van der Waals surface area contributed by atoms with Gasteiger partial charge >= 0.3 is 0 Å². The van der Waals surface area contributed by atoms with Crippen molar-refractivity contribution in [2.75, 3.05) is 4.90 Å². The molecule has 39 heavy (non-hydrogen) atoms. The first-order valence-corrected chi connectivity index (χ1v) is 14.4. The fourth-order valence-electron chi connectivity index (χ4n) is 6.34. The van der Waals surface area contributed by atoms with E-state index in [1.165, 1.54) is 60.8 Å². The molecule has 1 aliphatic carbocycles. The standard InChI is InChI=1S/C36H37N3/c1-2-16-26-34(25-15-1)38(29-30-17-7-3-8-18-30)35-27-28-39(37-35)36(31-19-9-4-10-20-31,32-21-11-5-12-22-32)33-23-13-6-14-24-33/h3-14,17-24,27-28,34H,1-2,15-16,25-26,29H2. The smallest absolute Gasteiger partial charge is 0.151 e. The summed E-state index contributed by atoms with van der Waals surface area (Å²) in [6, 6.07) is 46.0. The van der Waals surface area contributed by atoms with Crippen LogP contribution in [0.25, 0.3) is 0 Å². The van der Waals surface area contributed by atoms with Crippen molar-refractivity contribution in [1.82, 2.24) is 9.78 Å². The van der Waals surface area contributed by atoms with Crippen LogP contribution >= 0.6 is 0 Å². The van der Waals surface area contributed by atoms with Gasteiger partial charge in [-0.25, -0.2) is 0 Å². The van der Waals surface area contributed by atoms with Gasteiger partial charge in [0.05, 0.1) is 0 Å². The van der Waals surface area contributed by atoms with Crippen LogP contribution in [0.4, 0.5) is 5.82 Å². The molecule has 0 unspecified atom stereocenters. The molecule has 3 heteroatoms. The topological polar surface area (TPSA) is 21.1 Å². The first-order valence-electron chi connectivity index (χ1n) is 14.4. The minimum absolute atomic E-state index is 0.496. The van der Waals surface area contributed by atoms with Gasteiger partial charge in [0.15, 0.2) is 5.82 Å². The largest absolute Gasteiger partial charge is 0.348 e. The van der Waals surface area contributed by atoms with Crippen molar-refractivity contribution in [2.45, 2.75) is 56.7 Å². The first-order chi connectivity index (χ1) is 19.4. The van der Waals surface area contributed by atoms with Crippen LogP contribution in [0.2, 0.25) is 0 Å². The van der Waals surface area contributed by atoms with E-state index in [9.17, 15) is 0 Å². The summed E-state index contributed by atoms with van der Waals surface area (Å²) in [5.41, 5.74) is 4.32. The summed E-state index contributed by atoms with van der Waals surface area (Å²) >= 11 is 0. The Morgan fingerprint density at radius 2 is 1.05 bits per heavy atom. The predicted octanol–water partition coefficient (Wildman–Crippen LogP) is 8.45. The van der Waals surface area contributed by atoms with E-state index in [0.717, 1.165) is 12.4 Å². The second-order valence-corrected chi connectivity index (χ2v) is 10.7. The quantitative estimate of drug-likeness (QED) is 0.154. The number of aromatic nitrogens is 2. The van der Waals surface area contributed by atoms with Gasteiger partial charge in [-0.3, -0.25) is 4.68 Å². The summed E-state index contributed by atoms with van der Waals surface area (Å²) < 4.78 is 2.21. The van der Waals surface area contributed by atoms with E-state index >= 15 is 0 Å². The Bertz CT molecular complexity index is 1320. The van der Waals surface area contributed by atoms with Gasteiger partial charge in [-0.1, -0.05) is 147 Å². The third kappa shape index (κ3) is 5.14. The third-order valence-corrected chi connectivity index (χ3v) is 8.25. The summed E-state index contributed by atoms with van der Waals surface area (Å²) in [5.74, 6) is 1.05. The van der Waals surface area contributed by atoms with Gasteiger partial charge in [0.25, 0.3) is 0 Å². The third-order valence-electron chi connectivity index (χ3n) is 8.25. The summed E-state index contributed by atoms with van der Waals surface area (Å²) in [5, 5.41) is 5.46. The maximum absolute atomic E-state index is 5.46. The van der Waals surface area contributed by atoms with Crippen LogP contribution in [0.5, 0.6) is 0 Å². The molecule has 3 nitrogen and oxygen atoms in total. The summed E-state index contributed by atoms with van der Waals surface area (Å²) in [6.07, 6.45) is 9.89. The maximum Gasteiger partial charge on any atom is 0.151 e. The molecule has 6 rings (SSSR count). The minimum atomic E-state index is -0.593. The summed E-state index contributed by atoms with van der Waals surface area (Å²) in [4.78, 5) is 2.57. The molecule has 4 aromatic carbocycles. The molecule has 0 aliphatic heterocycles. The highest BCUT2D eigenvalue weighted by molar-refractivity contribution is 5.51. The zero-order valence-corrected chi connectivity index (χ0v) is 22.6. The summed E-state index contributed by atoms with van der Waals surface area (Å²) in [6.45, 7) is 0.873. The molecule has 5 aromatic rings. The molecule has 0 atom stereocenters. The van der Waals surface area contributed by atoms with Crippen molar-refractivity contribution < 1.29 is 0 Å². The molecular formula is C36H37N3. The molecule has 1 saturated carbocycles. The molecular weight excluding hydrogens is 474 g/mol. The number of benzene rings is 4. The van der Waals surface area contributed by atoms with E-state index in [-0.39, 0.29) is 0 Å². The van der Waals surface area contributed by atoms with Crippen LogP contribution in [-0.2, 0) is 12.1 Å². The van der Waals surface area contributed by atoms with Gasteiger partial charge in [0, 0.05) is 24.8 Å². The van der Waals surface area contributed by atoms with Crippen molar-refractivity contribution in [1.29, 1.82) is 0 Å². The number of nitrogens with zero attached hydrogens (tertiary/aromatic N) is 3. The van der Waals surface area contributed by atoms with Gasteiger partial charge in [-0.15, -0.1) is 0 Å². The van der Waals surface area contributed by atoms with Gasteiger partial charge in [-0.2, -0.15) is 5.10 Å². The molecule has 0 amide bonds. The molecule has 1 heterocycles. The molecule has 1 fully saturated rings. The highest BCUT2D eigenvalue weighted by atomic mass is 15.4. The Kier molecular flexibility index (Phi) is 7.58. The fourth-order valence-corrected chi connectivity index (χ4v) is 6.34. The molecule has 0 saturated heterocycles. The lowest BCUT2D eigenvalue weighted by Crippen LogP contribution is -2.39. The zero-order valence-electron chi connectivity index (χ0n) is 22.6. The van der Waals surface area contributed by atoms with E-state index in [1.54, 1.807) is 0 Å².